The first-order valence-electron chi connectivity index (χ1n) is 8.20. The van der Waals surface area contributed by atoms with E-state index in [1.54, 1.807) is 12.1 Å². The van der Waals surface area contributed by atoms with Crippen LogP contribution in [0.4, 0.5) is 13.2 Å². The van der Waals surface area contributed by atoms with Crippen molar-refractivity contribution in [3.05, 3.63) is 23.8 Å². The fraction of sp³-hybridized carbons (Fsp3) is 0.588. The number of nitrogens with zero attached hydrogens (tertiary/aromatic N) is 1. The van der Waals surface area contributed by atoms with Crippen molar-refractivity contribution in [1.82, 2.24) is 4.90 Å². The molecule has 0 aliphatic carbocycles. The minimum Gasteiger partial charge on any atom is -0.493 e. The molecule has 9 heteroatoms. The molecule has 26 heavy (non-hydrogen) atoms. The van der Waals surface area contributed by atoms with Gasteiger partial charge in [0.1, 0.15) is 0 Å². The highest BCUT2D eigenvalue weighted by molar-refractivity contribution is 5.85. The lowest BCUT2D eigenvalue weighted by molar-refractivity contribution is -0.153. The molecule has 1 unspecified atom stereocenters. The topological polar surface area (TPSA) is 64.8 Å². The predicted molar refractivity (Wildman–Crippen MR) is 93.9 cm³/mol. The molecule has 1 saturated heterocycles. The number of alkyl halides is 3. The smallest absolute Gasteiger partial charge is 0.422 e. The number of rotatable bonds is 7. The van der Waals surface area contributed by atoms with Crippen molar-refractivity contribution in [1.29, 1.82) is 0 Å². The molecule has 1 aliphatic rings. The van der Waals surface area contributed by atoms with Gasteiger partial charge in [-0.05, 0) is 37.0 Å². The molecule has 0 spiro atoms. The number of carbonyl (C=O) groups excluding carboxylic acids is 1. The van der Waals surface area contributed by atoms with Gasteiger partial charge in [0, 0.05) is 25.6 Å². The summed E-state index contributed by atoms with van der Waals surface area (Å²) in [5, 5.41) is 0. The zero-order chi connectivity index (χ0) is 18.4. The molecule has 2 rings (SSSR count). The number of likely N-dealkylation sites (tertiary alicyclic amines) is 1. The molecule has 1 atom stereocenters. The van der Waals surface area contributed by atoms with Gasteiger partial charge in [-0.2, -0.15) is 13.2 Å². The Kier molecular flexibility index (Phi) is 8.49. The number of benzene rings is 1. The molecule has 0 radical (unpaired) electrons. The van der Waals surface area contributed by atoms with Crippen molar-refractivity contribution in [2.75, 3.05) is 26.8 Å². The Morgan fingerprint density at radius 2 is 2.08 bits per heavy atom. The van der Waals surface area contributed by atoms with Crippen LogP contribution in [0.3, 0.4) is 0 Å². The number of carbonyl (C=O) groups is 1. The summed E-state index contributed by atoms with van der Waals surface area (Å²) in [5.74, 6) is 0.289. The van der Waals surface area contributed by atoms with Crippen molar-refractivity contribution in [3.8, 4) is 11.5 Å². The molecule has 1 aliphatic heterocycles. The summed E-state index contributed by atoms with van der Waals surface area (Å²) in [5.41, 5.74) is 6.48. The van der Waals surface area contributed by atoms with Crippen LogP contribution >= 0.6 is 12.4 Å². The number of aryl methyl sites for hydroxylation is 1. The predicted octanol–water partition coefficient (Wildman–Crippen LogP) is 2.94. The van der Waals surface area contributed by atoms with Crippen molar-refractivity contribution in [3.63, 3.8) is 0 Å². The first-order chi connectivity index (χ1) is 11.8. The first-order valence-corrected chi connectivity index (χ1v) is 8.20. The third-order valence-corrected chi connectivity index (χ3v) is 4.22. The van der Waals surface area contributed by atoms with Gasteiger partial charge >= 0.3 is 6.18 Å². The summed E-state index contributed by atoms with van der Waals surface area (Å²) in [6.45, 7) is -0.185. The molecule has 0 bridgehead atoms. The SMILES string of the molecule is COc1cc(CCC(=O)N2CCCC2CN)ccc1OCC(F)(F)F.Cl. The lowest BCUT2D eigenvalue weighted by Crippen LogP contribution is -2.39. The Hall–Kier alpha value is -1.67. The average Bonchev–Trinajstić information content (AvgIpc) is 3.06. The molecular formula is C17H24ClF3N2O3. The number of hydrogen-bond acceptors (Lipinski definition) is 4. The van der Waals surface area contributed by atoms with Crippen LogP contribution in [0.1, 0.15) is 24.8 Å². The fourth-order valence-electron chi connectivity index (χ4n) is 2.95. The number of hydrogen-bond donors (Lipinski definition) is 1. The fourth-order valence-corrected chi connectivity index (χ4v) is 2.95. The minimum atomic E-state index is -4.41. The standard InChI is InChI=1S/C17H23F3N2O3.ClH/c1-24-15-9-12(4-6-14(15)25-11-17(18,19)20)5-7-16(23)22-8-2-3-13(22)10-21;/h4,6,9,13H,2-3,5,7-8,10-11,21H2,1H3;1H. The van der Waals surface area contributed by atoms with E-state index in [9.17, 15) is 18.0 Å². The Labute approximate surface area is 157 Å². The van der Waals surface area contributed by atoms with E-state index in [4.69, 9.17) is 15.2 Å². The summed E-state index contributed by atoms with van der Waals surface area (Å²) < 4.78 is 46.6. The third-order valence-electron chi connectivity index (χ3n) is 4.22. The zero-order valence-corrected chi connectivity index (χ0v) is 15.4. The summed E-state index contributed by atoms with van der Waals surface area (Å²) in [6, 6.07) is 4.79. The quantitative estimate of drug-likeness (QED) is 0.769. The van der Waals surface area contributed by atoms with Gasteiger partial charge in [-0.3, -0.25) is 4.79 Å². The van der Waals surface area contributed by atoms with E-state index in [-0.39, 0.29) is 35.9 Å². The summed E-state index contributed by atoms with van der Waals surface area (Å²) in [4.78, 5) is 14.1. The molecule has 148 valence electrons. The molecule has 1 heterocycles. The molecule has 5 nitrogen and oxygen atoms in total. The summed E-state index contributed by atoms with van der Waals surface area (Å²) >= 11 is 0. The van der Waals surface area contributed by atoms with Crippen LogP contribution in [0.2, 0.25) is 0 Å². The van der Waals surface area contributed by atoms with Crippen molar-refractivity contribution in [2.45, 2.75) is 37.9 Å². The van der Waals surface area contributed by atoms with Crippen LogP contribution in [0.5, 0.6) is 11.5 Å². The molecule has 1 amide bonds. The van der Waals surface area contributed by atoms with Crippen LogP contribution in [0.15, 0.2) is 18.2 Å². The number of amides is 1. The molecule has 1 aromatic carbocycles. The third kappa shape index (κ3) is 6.25. The molecule has 0 saturated carbocycles. The maximum Gasteiger partial charge on any atom is 0.422 e. The summed E-state index contributed by atoms with van der Waals surface area (Å²) in [6.07, 6.45) is -1.72. The van der Waals surface area contributed by atoms with Gasteiger partial charge in [0.15, 0.2) is 18.1 Å². The van der Waals surface area contributed by atoms with Gasteiger partial charge < -0.3 is 20.1 Å². The van der Waals surface area contributed by atoms with Crippen LogP contribution < -0.4 is 15.2 Å². The normalized spacial score (nSPS) is 17.0. The molecule has 1 aromatic rings. The van der Waals surface area contributed by atoms with Gasteiger partial charge in [-0.25, -0.2) is 0 Å². The molecule has 0 aromatic heterocycles. The lowest BCUT2D eigenvalue weighted by atomic mass is 10.1. The van der Waals surface area contributed by atoms with Crippen molar-refractivity contribution >= 4 is 18.3 Å². The van der Waals surface area contributed by atoms with Gasteiger partial charge in [-0.1, -0.05) is 6.07 Å². The van der Waals surface area contributed by atoms with Gasteiger partial charge in [0.05, 0.1) is 7.11 Å². The van der Waals surface area contributed by atoms with E-state index >= 15 is 0 Å². The number of methoxy groups -OCH3 is 1. The second kappa shape index (κ2) is 9.87. The van der Waals surface area contributed by atoms with E-state index in [0.29, 0.717) is 19.4 Å². The molecule has 2 N–H and O–H groups in total. The maximum absolute atomic E-state index is 12.3. The van der Waals surface area contributed by atoms with Crippen molar-refractivity contribution in [2.24, 2.45) is 5.73 Å². The second-order valence-corrected chi connectivity index (χ2v) is 6.01. The van der Waals surface area contributed by atoms with E-state index < -0.39 is 12.8 Å². The van der Waals surface area contributed by atoms with Crippen LogP contribution in [0.25, 0.3) is 0 Å². The van der Waals surface area contributed by atoms with E-state index in [2.05, 4.69) is 0 Å². The molecule has 1 fully saturated rings. The van der Waals surface area contributed by atoms with Gasteiger partial charge in [0.25, 0.3) is 0 Å². The monoisotopic (exact) mass is 396 g/mol. The zero-order valence-electron chi connectivity index (χ0n) is 14.6. The van der Waals surface area contributed by atoms with E-state index in [1.165, 1.54) is 13.2 Å². The Balaban J connectivity index is 0.00000338. The summed E-state index contributed by atoms with van der Waals surface area (Å²) in [7, 11) is 1.36. The van der Waals surface area contributed by atoms with Gasteiger partial charge in [0.2, 0.25) is 5.91 Å². The van der Waals surface area contributed by atoms with Crippen molar-refractivity contribution < 1.29 is 27.4 Å². The number of nitrogens with two attached hydrogens (primary N) is 1. The Morgan fingerprint density at radius 1 is 1.35 bits per heavy atom. The van der Waals surface area contributed by atoms with E-state index in [0.717, 1.165) is 24.9 Å². The minimum absolute atomic E-state index is 0. The molecular weight excluding hydrogens is 373 g/mol. The average molecular weight is 397 g/mol. The highest BCUT2D eigenvalue weighted by Crippen LogP contribution is 2.30. The maximum atomic E-state index is 12.3. The van der Waals surface area contributed by atoms with E-state index in [1.807, 2.05) is 4.90 Å². The van der Waals surface area contributed by atoms with Crippen LogP contribution in [-0.2, 0) is 11.2 Å². The van der Waals surface area contributed by atoms with Gasteiger partial charge in [-0.15, -0.1) is 12.4 Å². The highest BCUT2D eigenvalue weighted by Gasteiger charge is 2.29. The lowest BCUT2D eigenvalue weighted by Gasteiger charge is -2.23. The highest BCUT2D eigenvalue weighted by atomic mass is 35.5. The first kappa shape index (κ1) is 22.4. The number of ether oxygens (including phenoxy) is 2. The Bertz CT molecular complexity index is 599. The second-order valence-electron chi connectivity index (χ2n) is 6.01. The largest absolute Gasteiger partial charge is 0.493 e. The van der Waals surface area contributed by atoms with Crippen LogP contribution in [0, 0.1) is 0 Å². The Morgan fingerprint density at radius 3 is 2.69 bits per heavy atom. The van der Waals surface area contributed by atoms with Crippen LogP contribution in [-0.4, -0.2) is 49.8 Å². The number of halogens is 4.